The van der Waals surface area contributed by atoms with Crippen LogP contribution in [0.4, 0.5) is 4.39 Å². The summed E-state index contributed by atoms with van der Waals surface area (Å²) in [6.45, 7) is 0.600. The lowest BCUT2D eigenvalue weighted by molar-refractivity contribution is 0.429. The minimum atomic E-state index is -4.02. The Morgan fingerprint density at radius 3 is 2.69 bits per heavy atom. The maximum atomic E-state index is 14.4. The first kappa shape index (κ1) is 20.0. The van der Waals surface area contributed by atoms with Crippen molar-refractivity contribution in [2.45, 2.75) is 11.4 Å². The first-order valence-corrected chi connectivity index (χ1v) is 11.1. The zero-order valence-corrected chi connectivity index (χ0v) is 17.3. The fourth-order valence-electron chi connectivity index (χ4n) is 3.44. The summed E-state index contributed by atoms with van der Waals surface area (Å²) in [6.07, 6.45) is 1.79. The number of hydrogen-bond donors (Lipinski definition) is 1. The van der Waals surface area contributed by atoms with Crippen molar-refractivity contribution >= 4 is 21.1 Å². The number of aromatic nitrogens is 4. The minimum Gasteiger partial charge on any atom is -0.334 e. The highest BCUT2D eigenvalue weighted by Gasteiger charge is 2.18. The third-order valence-corrected chi connectivity index (χ3v) is 5.90. The van der Waals surface area contributed by atoms with Crippen molar-refractivity contribution < 1.29 is 17.3 Å². The predicted molar refractivity (Wildman–Crippen MR) is 115 cm³/mol. The Morgan fingerprint density at radius 2 is 1.88 bits per heavy atom. The number of hydrogen-bond acceptors (Lipinski definition) is 6. The summed E-state index contributed by atoms with van der Waals surface area (Å²) in [5.74, 6) is -0.607. The van der Waals surface area contributed by atoms with Crippen LogP contribution >= 0.6 is 0 Å². The number of rotatable bonds is 5. The number of benzene rings is 3. The molecule has 0 amide bonds. The van der Waals surface area contributed by atoms with Gasteiger partial charge in [-0.15, -0.1) is 0 Å². The maximum Gasteiger partial charge on any atom is 0.261 e. The van der Waals surface area contributed by atoms with Gasteiger partial charge >= 0.3 is 0 Å². The fraction of sp³-hybridized carbons (Fsp3) is 0.0455. The van der Waals surface area contributed by atoms with Crippen LogP contribution in [0.15, 0.2) is 82.5 Å². The van der Waals surface area contributed by atoms with Crippen LogP contribution in [0.25, 0.3) is 33.9 Å². The van der Waals surface area contributed by atoms with E-state index in [-0.39, 0.29) is 22.2 Å². The van der Waals surface area contributed by atoms with E-state index in [0.717, 1.165) is 22.7 Å². The molecule has 0 saturated carbocycles. The lowest BCUT2D eigenvalue weighted by Gasteiger charge is -2.06. The van der Waals surface area contributed by atoms with Gasteiger partial charge < -0.3 is 9.09 Å². The number of imidazole rings is 1. The maximum absolute atomic E-state index is 14.4. The van der Waals surface area contributed by atoms with Gasteiger partial charge in [-0.05, 0) is 42.0 Å². The molecule has 5 rings (SSSR count). The predicted octanol–water partition coefficient (Wildman–Crippen LogP) is 3.59. The highest BCUT2D eigenvalue weighted by Crippen LogP contribution is 2.26. The molecule has 0 saturated heterocycles. The van der Waals surface area contributed by atoms with Crippen molar-refractivity contribution in [3.8, 4) is 22.8 Å². The van der Waals surface area contributed by atoms with Crippen molar-refractivity contribution in [3.05, 3.63) is 84.4 Å². The number of sulfonamides is 1. The van der Waals surface area contributed by atoms with Gasteiger partial charge in [-0.2, -0.15) is 4.98 Å². The molecule has 0 fully saturated rings. The molecule has 0 spiro atoms. The molecule has 0 unspecified atom stereocenters. The van der Waals surface area contributed by atoms with E-state index in [1.165, 1.54) is 12.1 Å². The molecule has 0 radical (unpaired) electrons. The topological polar surface area (TPSA) is 117 Å². The highest BCUT2D eigenvalue weighted by molar-refractivity contribution is 7.89. The molecule has 10 heteroatoms. The fourth-order valence-corrected chi connectivity index (χ4v) is 3.96. The van der Waals surface area contributed by atoms with Gasteiger partial charge in [0.25, 0.3) is 5.89 Å². The second kappa shape index (κ2) is 7.66. The van der Waals surface area contributed by atoms with Gasteiger partial charge in [0.1, 0.15) is 5.82 Å². The van der Waals surface area contributed by atoms with Crippen molar-refractivity contribution in [2.24, 2.45) is 5.14 Å². The third kappa shape index (κ3) is 3.77. The third-order valence-electron chi connectivity index (χ3n) is 4.99. The standard InChI is InChI=1S/C22H16FN5O3S/c23-18-11-16(32(24,29)30)8-9-17(18)22-26-21(27-31-22)15-5-3-4-14(10-15)12-28-13-25-19-6-1-2-7-20(19)28/h1-11,13H,12H2,(H2,24,29,30). The Bertz CT molecular complexity index is 1560. The molecule has 0 bridgehead atoms. The zero-order chi connectivity index (χ0) is 22.3. The Morgan fingerprint density at radius 1 is 1.03 bits per heavy atom. The number of nitrogens with two attached hydrogens (primary N) is 1. The molecular weight excluding hydrogens is 433 g/mol. The van der Waals surface area contributed by atoms with Crippen LogP contribution in [0.1, 0.15) is 5.56 Å². The van der Waals surface area contributed by atoms with E-state index >= 15 is 0 Å². The summed E-state index contributed by atoms with van der Waals surface area (Å²) in [5, 5.41) is 8.98. The van der Waals surface area contributed by atoms with Crippen LogP contribution in [0.3, 0.4) is 0 Å². The second-order valence-corrected chi connectivity index (χ2v) is 8.73. The summed E-state index contributed by atoms with van der Waals surface area (Å²) in [6, 6.07) is 18.7. The average molecular weight is 449 g/mol. The Balaban J connectivity index is 1.44. The Labute approximate surface area is 182 Å². The Hall–Kier alpha value is -3.89. The quantitative estimate of drug-likeness (QED) is 0.438. The van der Waals surface area contributed by atoms with Gasteiger partial charge in [0.05, 0.1) is 27.8 Å². The number of halogens is 1. The molecule has 32 heavy (non-hydrogen) atoms. The molecule has 0 atom stereocenters. The van der Waals surface area contributed by atoms with Crippen molar-refractivity contribution in [1.29, 1.82) is 0 Å². The highest BCUT2D eigenvalue weighted by atomic mass is 32.2. The van der Waals surface area contributed by atoms with Crippen LogP contribution in [0.5, 0.6) is 0 Å². The number of fused-ring (bicyclic) bond motifs is 1. The van der Waals surface area contributed by atoms with Gasteiger partial charge in [0.2, 0.25) is 15.8 Å². The largest absolute Gasteiger partial charge is 0.334 e. The number of para-hydroxylation sites is 2. The van der Waals surface area contributed by atoms with E-state index in [2.05, 4.69) is 15.1 Å². The van der Waals surface area contributed by atoms with E-state index in [4.69, 9.17) is 9.66 Å². The van der Waals surface area contributed by atoms with E-state index < -0.39 is 15.8 Å². The molecule has 8 nitrogen and oxygen atoms in total. The molecule has 3 aromatic carbocycles. The Kier molecular flexibility index (Phi) is 4.80. The van der Waals surface area contributed by atoms with Gasteiger partial charge in [-0.3, -0.25) is 0 Å². The lowest BCUT2D eigenvalue weighted by Crippen LogP contribution is -2.12. The monoisotopic (exact) mass is 449 g/mol. The van der Waals surface area contributed by atoms with Crippen molar-refractivity contribution in [1.82, 2.24) is 19.7 Å². The van der Waals surface area contributed by atoms with E-state index in [0.29, 0.717) is 12.1 Å². The van der Waals surface area contributed by atoms with Gasteiger partial charge in [0, 0.05) is 12.1 Å². The van der Waals surface area contributed by atoms with E-state index in [9.17, 15) is 12.8 Å². The van der Waals surface area contributed by atoms with E-state index in [1.54, 1.807) is 6.33 Å². The summed E-state index contributed by atoms with van der Waals surface area (Å²) < 4.78 is 44.5. The molecule has 160 valence electrons. The molecule has 2 heterocycles. The number of primary sulfonamides is 1. The van der Waals surface area contributed by atoms with Crippen molar-refractivity contribution in [2.75, 3.05) is 0 Å². The second-order valence-electron chi connectivity index (χ2n) is 7.17. The molecule has 0 aliphatic carbocycles. The van der Waals surface area contributed by atoms with Crippen molar-refractivity contribution in [3.63, 3.8) is 0 Å². The molecule has 2 N–H and O–H groups in total. The molecule has 5 aromatic rings. The molecule has 0 aliphatic rings. The SMILES string of the molecule is NS(=O)(=O)c1ccc(-c2nc(-c3cccc(Cn4cnc5ccccc54)c3)no2)c(F)c1. The minimum absolute atomic E-state index is 0.0165. The first-order valence-electron chi connectivity index (χ1n) is 9.54. The van der Waals surface area contributed by atoms with Gasteiger partial charge in [-0.25, -0.2) is 22.9 Å². The summed E-state index contributed by atoms with van der Waals surface area (Å²) in [7, 11) is -4.02. The van der Waals surface area contributed by atoms with Crippen LogP contribution in [-0.4, -0.2) is 28.1 Å². The summed E-state index contributed by atoms with van der Waals surface area (Å²) >= 11 is 0. The molecule has 0 aliphatic heterocycles. The van der Waals surface area contributed by atoms with Crippen LogP contribution < -0.4 is 5.14 Å². The van der Waals surface area contributed by atoms with Crippen LogP contribution in [0, 0.1) is 5.82 Å². The van der Waals surface area contributed by atoms with Gasteiger partial charge in [-0.1, -0.05) is 35.5 Å². The first-order chi connectivity index (χ1) is 15.4. The average Bonchev–Trinajstić information content (AvgIpc) is 3.41. The van der Waals surface area contributed by atoms with Crippen LogP contribution in [-0.2, 0) is 16.6 Å². The summed E-state index contributed by atoms with van der Waals surface area (Å²) in [5.41, 5.74) is 3.63. The van der Waals surface area contributed by atoms with E-state index in [1.807, 2.05) is 53.1 Å². The smallest absolute Gasteiger partial charge is 0.261 e. The van der Waals surface area contributed by atoms with Gasteiger partial charge in [0.15, 0.2) is 0 Å². The zero-order valence-electron chi connectivity index (χ0n) is 16.5. The summed E-state index contributed by atoms with van der Waals surface area (Å²) in [4.78, 5) is 8.34. The molecule has 2 aromatic heterocycles. The van der Waals surface area contributed by atoms with Crippen LogP contribution in [0.2, 0.25) is 0 Å². The molecular formula is C22H16FN5O3S. The normalized spacial score (nSPS) is 11.8. The number of nitrogens with zero attached hydrogens (tertiary/aromatic N) is 4. The lowest BCUT2D eigenvalue weighted by atomic mass is 10.1.